The molecule has 0 aliphatic heterocycles. The zero-order valence-corrected chi connectivity index (χ0v) is 20.1. The van der Waals surface area contributed by atoms with E-state index in [1.807, 2.05) is 13.8 Å². The van der Waals surface area contributed by atoms with Gasteiger partial charge >= 0.3 is 0 Å². The van der Waals surface area contributed by atoms with Gasteiger partial charge in [0, 0.05) is 11.6 Å². The van der Waals surface area contributed by atoms with Gasteiger partial charge in [0.05, 0.1) is 12.7 Å². The molecule has 3 unspecified atom stereocenters. The molecular formula is C28H37F3O2. The number of aryl methyl sites for hydroxylation is 1. The van der Waals surface area contributed by atoms with Gasteiger partial charge in [-0.25, -0.2) is 13.2 Å². The maximum Gasteiger partial charge on any atom is 0.166 e. The predicted octanol–water partition coefficient (Wildman–Crippen LogP) is 7.84. The lowest BCUT2D eigenvalue weighted by atomic mass is 9.88. The molecule has 1 aliphatic rings. The number of ether oxygens (including phenoxy) is 1. The van der Waals surface area contributed by atoms with Crippen LogP contribution in [0.2, 0.25) is 0 Å². The molecule has 1 aliphatic carbocycles. The Morgan fingerprint density at radius 2 is 1.91 bits per heavy atom. The van der Waals surface area contributed by atoms with Crippen molar-refractivity contribution in [1.29, 1.82) is 0 Å². The highest BCUT2D eigenvalue weighted by Crippen LogP contribution is 2.32. The molecule has 0 spiro atoms. The Hall–Kier alpha value is -2.27. The van der Waals surface area contributed by atoms with Crippen LogP contribution in [0.1, 0.15) is 70.4 Å². The summed E-state index contributed by atoms with van der Waals surface area (Å²) in [5.74, 6) is -1.51. The van der Waals surface area contributed by atoms with Gasteiger partial charge in [-0.05, 0) is 74.0 Å². The molecule has 1 aromatic carbocycles. The molecule has 3 atom stereocenters. The molecule has 33 heavy (non-hydrogen) atoms. The third-order valence-corrected chi connectivity index (χ3v) is 6.41. The molecule has 0 saturated heterocycles. The Kier molecular flexibility index (Phi) is 10.5. The summed E-state index contributed by atoms with van der Waals surface area (Å²) in [5.41, 5.74) is 1.85. The van der Waals surface area contributed by atoms with Crippen molar-refractivity contribution < 1.29 is 23.0 Å². The van der Waals surface area contributed by atoms with Crippen LogP contribution in [0, 0.1) is 23.5 Å². The minimum absolute atomic E-state index is 0.0473. The smallest absolute Gasteiger partial charge is 0.166 e. The third-order valence-electron chi connectivity index (χ3n) is 6.41. The average Bonchev–Trinajstić information content (AvgIpc) is 2.78. The first kappa shape index (κ1) is 27.0. The minimum atomic E-state index is -0.802. The van der Waals surface area contributed by atoms with E-state index in [4.69, 9.17) is 4.74 Å². The van der Waals surface area contributed by atoms with E-state index in [1.54, 1.807) is 18.2 Å². The first-order valence-electron chi connectivity index (χ1n) is 11.9. The van der Waals surface area contributed by atoms with Gasteiger partial charge in [0.1, 0.15) is 11.6 Å². The first-order valence-corrected chi connectivity index (χ1v) is 11.9. The van der Waals surface area contributed by atoms with E-state index >= 15 is 0 Å². The molecule has 0 radical (unpaired) electrons. The summed E-state index contributed by atoms with van der Waals surface area (Å²) in [6, 6.07) is 3.32. The summed E-state index contributed by atoms with van der Waals surface area (Å²) in [6.45, 7) is 13.7. The molecule has 5 heteroatoms. The molecule has 1 aromatic rings. The van der Waals surface area contributed by atoms with Crippen molar-refractivity contribution in [2.75, 3.05) is 6.61 Å². The largest absolute Gasteiger partial charge is 0.494 e. The van der Waals surface area contributed by atoms with E-state index in [2.05, 4.69) is 20.1 Å². The van der Waals surface area contributed by atoms with E-state index < -0.39 is 23.6 Å². The standard InChI is InChI=1S/C28H37F3O2/c1-6-33-20(4)17-26(29)21(5)19(3)9-7-18(2)8-10-23-13-16-25(28(31)27(23)30)22-11-14-24(32)15-12-22/h11,13,16-19,24,32H,4-10,12,14-15H2,1-3H3/b26-17+. The van der Waals surface area contributed by atoms with Gasteiger partial charge in [-0.3, -0.25) is 0 Å². The van der Waals surface area contributed by atoms with Gasteiger partial charge in [0.2, 0.25) is 0 Å². The van der Waals surface area contributed by atoms with Crippen molar-refractivity contribution in [2.45, 2.75) is 71.8 Å². The summed E-state index contributed by atoms with van der Waals surface area (Å²) in [7, 11) is 0. The molecule has 2 rings (SSSR count). The topological polar surface area (TPSA) is 29.5 Å². The van der Waals surface area contributed by atoms with Crippen LogP contribution in [0.15, 0.2) is 54.6 Å². The molecule has 0 aromatic heterocycles. The number of benzene rings is 1. The Bertz CT molecular complexity index is 901. The highest BCUT2D eigenvalue weighted by Gasteiger charge is 2.20. The van der Waals surface area contributed by atoms with E-state index in [9.17, 15) is 18.3 Å². The van der Waals surface area contributed by atoms with Crippen LogP contribution in [0.5, 0.6) is 0 Å². The highest BCUT2D eigenvalue weighted by molar-refractivity contribution is 5.67. The van der Waals surface area contributed by atoms with Crippen LogP contribution in [-0.4, -0.2) is 17.8 Å². The van der Waals surface area contributed by atoms with Gasteiger partial charge in [-0.1, -0.05) is 51.6 Å². The molecule has 0 amide bonds. The SMILES string of the molecule is C=C(/C=C(/F)C(=C)C(C)CCC(C)CCc1ccc(C2=CCC(O)CC2)c(F)c1F)OCC. The van der Waals surface area contributed by atoms with Crippen molar-refractivity contribution in [3.05, 3.63) is 77.4 Å². The second-order valence-electron chi connectivity index (χ2n) is 9.10. The summed E-state index contributed by atoms with van der Waals surface area (Å²) < 4.78 is 48.8. The number of allylic oxidation sites excluding steroid dienone is 4. The van der Waals surface area contributed by atoms with Crippen molar-refractivity contribution in [3.8, 4) is 0 Å². The van der Waals surface area contributed by atoms with Crippen molar-refractivity contribution >= 4 is 5.57 Å². The van der Waals surface area contributed by atoms with E-state index in [0.717, 1.165) is 18.4 Å². The van der Waals surface area contributed by atoms with Crippen LogP contribution >= 0.6 is 0 Å². The van der Waals surface area contributed by atoms with E-state index in [0.29, 0.717) is 55.4 Å². The lowest BCUT2D eigenvalue weighted by Crippen LogP contribution is -2.11. The van der Waals surface area contributed by atoms with Crippen molar-refractivity contribution in [3.63, 3.8) is 0 Å². The van der Waals surface area contributed by atoms with Crippen LogP contribution in [0.3, 0.4) is 0 Å². The Morgan fingerprint density at radius 3 is 2.55 bits per heavy atom. The summed E-state index contributed by atoms with van der Waals surface area (Å²) in [5, 5.41) is 9.61. The molecular weight excluding hydrogens is 425 g/mol. The first-order chi connectivity index (χ1) is 15.6. The van der Waals surface area contributed by atoms with Crippen LogP contribution in [-0.2, 0) is 11.2 Å². The normalized spacial score (nSPS) is 18.5. The summed E-state index contributed by atoms with van der Waals surface area (Å²) >= 11 is 0. The maximum atomic E-state index is 14.7. The molecule has 0 saturated carbocycles. The van der Waals surface area contributed by atoms with E-state index in [-0.39, 0.29) is 17.6 Å². The van der Waals surface area contributed by atoms with Gasteiger partial charge in [0.25, 0.3) is 0 Å². The average molecular weight is 463 g/mol. The fourth-order valence-electron chi connectivity index (χ4n) is 4.05. The lowest BCUT2D eigenvalue weighted by Gasteiger charge is -2.19. The van der Waals surface area contributed by atoms with Crippen LogP contribution in [0.25, 0.3) is 5.57 Å². The zero-order chi connectivity index (χ0) is 24.5. The minimum Gasteiger partial charge on any atom is -0.494 e. The summed E-state index contributed by atoms with van der Waals surface area (Å²) in [4.78, 5) is 0. The molecule has 1 N–H and O–H groups in total. The fraction of sp³-hybridized carbons (Fsp3) is 0.500. The number of rotatable bonds is 12. The number of hydrogen-bond donors (Lipinski definition) is 1. The molecule has 0 fully saturated rings. The Morgan fingerprint density at radius 1 is 1.18 bits per heavy atom. The van der Waals surface area contributed by atoms with Crippen molar-refractivity contribution in [2.24, 2.45) is 11.8 Å². The Labute approximate surface area is 196 Å². The number of halogens is 3. The van der Waals surface area contributed by atoms with Crippen LogP contribution in [0.4, 0.5) is 13.2 Å². The Balaban J connectivity index is 1.88. The second kappa shape index (κ2) is 12.8. The van der Waals surface area contributed by atoms with Gasteiger partial charge in [-0.2, -0.15) is 0 Å². The molecule has 0 heterocycles. The quantitative estimate of drug-likeness (QED) is 0.253. The fourth-order valence-corrected chi connectivity index (χ4v) is 4.05. The predicted molar refractivity (Wildman–Crippen MR) is 129 cm³/mol. The molecule has 0 bridgehead atoms. The number of aliphatic hydroxyl groups excluding tert-OH is 1. The van der Waals surface area contributed by atoms with Gasteiger partial charge in [0.15, 0.2) is 11.6 Å². The summed E-state index contributed by atoms with van der Waals surface area (Å²) in [6.07, 6.45) is 6.99. The zero-order valence-electron chi connectivity index (χ0n) is 20.1. The maximum absolute atomic E-state index is 14.7. The third kappa shape index (κ3) is 7.92. The number of aliphatic hydroxyl groups is 1. The molecule has 182 valence electrons. The van der Waals surface area contributed by atoms with Gasteiger partial charge in [-0.15, -0.1) is 0 Å². The van der Waals surface area contributed by atoms with Gasteiger partial charge < -0.3 is 9.84 Å². The van der Waals surface area contributed by atoms with E-state index in [1.165, 1.54) is 6.08 Å². The van der Waals surface area contributed by atoms with Crippen LogP contribution < -0.4 is 0 Å². The lowest BCUT2D eigenvalue weighted by molar-refractivity contribution is 0.166. The number of hydrogen-bond acceptors (Lipinski definition) is 2. The highest BCUT2D eigenvalue weighted by atomic mass is 19.2. The second-order valence-corrected chi connectivity index (χ2v) is 9.10. The monoisotopic (exact) mass is 462 g/mol. The molecule has 2 nitrogen and oxygen atoms in total. The van der Waals surface area contributed by atoms with Crippen molar-refractivity contribution in [1.82, 2.24) is 0 Å².